The van der Waals surface area contributed by atoms with Crippen LogP contribution >= 0.6 is 0 Å². The summed E-state index contributed by atoms with van der Waals surface area (Å²) >= 11 is 0. The Labute approximate surface area is 171 Å². The Morgan fingerprint density at radius 3 is 2.41 bits per heavy atom. The summed E-state index contributed by atoms with van der Waals surface area (Å²) in [6.07, 6.45) is 0.912. The van der Waals surface area contributed by atoms with Crippen LogP contribution in [-0.2, 0) is 24.3 Å². The van der Waals surface area contributed by atoms with Crippen molar-refractivity contribution >= 4 is 15.9 Å². The smallest absolute Gasteiger partial charge is 0.257 e. The molecule has 2 aliphatic heterocycles. The lowest BCUT2D eigenvalue weighted by Gasteiger charge is -2.26. The molecule has 0 aromatic heterocycles. The van der Waals surface area contributed by atoms with E-state index in [1.165, 1.54) is 21.3 Å². The van der Waals surface area contributed by atoms with Gasteiger partial charge in [0.1, 0.15) is 18.8 Å². The topological polar surface area (TPSA) is 98.6 Å². The molecule has 0 bridgehead atoms. The van der Waals surface area contributed by atoms with Crippen molar-refractivity contribution in [2.24, 2.45) is 0 Å². The Morgan fingerprint density at radius 2 is 1.72 bits per heavy atom. The quantitative estimate of drug-likeness (QED) is 0.465. The van der Waals surface area contributed by atoms with Gasteiger partial charge >= 0.3 is 0 Å². The van der Waals surface area contributed by atoms with Gasteiger partial charge in [-0.25, -0.2) is 8.42 Å². The summed E-state index contributed by atoms with van der Waals surface area (Å²) < 4.78 is 42.6. The number of hydrogen-bond donors (Lipinski definition) is 2. The summed E-state index contributed by atoms with van der Waals surface area (Å²) in [6.45, 7) is 6.72. The summed E-state index contributed by atoms with van der Waals surface area (Å²) in [5, 5.41) is 2.85. The number of carbonyl (C=O) groups excluding carboxylic acids is 1. The number of carbonyl (C=O) groups is 1. The lowest BCUT2D eigenvalue weighted by molar-refractivity contribution is -0.908. The lowest BCUT2D eigenvalue weighted by atomic mass is 10.3. The Morgan fingerprint density at radius 1 is 1.07 bits per heavy atom. The number of hydrogen-bond acceptors (Lipinski definition) is 6. The van der Waals surface area contributed by atoms with Crippen LogP contribution in [-0.4, -0.2) is 90.9 Å². The predicted molar refractivity (Wildman–Crippen MR) is 106 cm³/mol. The third kappa shape index (κ3) is 6.65. The standard InChI is InChI=1S/C19H29N3O6S/c23-19(20-6-1-7-21-8-12-26-13-9-21)16-28-17-2-4-18(5-3-17)29(24,25)22-10-14-27-15-11-22/h2-5H,1,6-16H2,(H,20,23)/p+1. The molecule has 29 heavy (non-hydrogen) atoms. The van der Waals surface area contributed by atoms with Crippen LogP contribution in [0.5, 0.6) is 5.75 Å². The number of amides is 1. The SMILES string of the molecule is O=C(COc1ccc(S(=O)(=O)N2CCOCC2)cc1)NCCC[NH+]1CCOCC1. The van der Waals surface area contributed by atoms with Crippen LogP contribution in [0.25, 0.3) is 0 Å². The first kappa shape index (κ1) is 22.0. The van der Waals surface area contributed by atoms with E-state index in [1.807, 2.05) is 0 Å². The number of nitrogens with zero attached hydrogens (tertiary/aromatic N) is 1. The highest BCUT2D eigenvalue weighted by Gasteiger charge is 2.26. The molecule has 2 aliphatic rings. The molecule has 0 unspecified atom stereocenters. The minimum atomic E-state index is -3.53. The third-order valence-corrected chi connectivity index (χ3v) is 6.94. The molecule has 2 heterocycles. The fourth-order valence-corrected chi connectivity index (χ4v) is 4.73. The zero-order chi connectivity index (χ0) is 20.5. The van der Waals surface area contributed by atoms with Crippen LogP contribution in [0.4, 0.5) is 0 Å². The maximum Gasteiger partial charge on any atom is 0.257 e. The Kier molecular flexibility index (Phi) is 8.25. The third-order valence-electron chi connectivity index (χ3n) is 5.03. The maximum atomic E-state index is 12.6. The number of nitrogens with one attached hydrogen (secondary N) is 2. The van der Waals surface area contributed by atoms with E-state index in [1.54, 1.807) is 12.1 Å². The average molecular weight is 429 g/mol. The second-order valence-electron chi connectivity index (χ2n) is 7.09. The first-order valence-electron chi connectivity index (χ1n) is 10.0. The van der Waals surface area contributed by atoms with Crippen molar-refractivity contribution < 1.29 is 32.3 Å². The molecule has 1 aromatic carbocycles. The normalized spacial score (nSPS) is 19.0. The van der Waals surface area contributed by atoms with E-state index in [4.69, 9.17) is 14.2 Å². The molecule has 2 fully saturated rings. The molecule has 2 saturated heterocycles. The molecule has 3 rings (SSSR count). The highest BCUT2D eigenvalue weighted by Crippen LogP contribution is 2.20. The zero-order valence-electron chi connectivity index (χ0n) is 16.6. The highest BCUT2D eigenvalue weighted by atomic mass is 32.2. The van der Waals surface area contributed by atoms with Crippen LogP contribution in [0.15, 0.2) is 29.2 Å². The number of sulfonamides is 1. The van der Waals surface area contributed by atoms with E-state index in [9.17, 15) is 13.2 Å². The van der Waals surface area contributed by atoms with E-state index < -0.39 is 10.0 Å². The fraction of sp³-hybridized carbons (Fsp3) is 0.632. The summed E-state index contributed by atoms with van der Waals surface area (Å²) in [5.41, 5.74) is 0. The molecule has 0 aliphatic carbocycles. The van der Waals surface area contributed by atoms with E-state index in [2.05, 4.69) is 5.32 Å². The number of morpholine rings is 2. The summed E-state index contributed by atoms with van der Waals surface area (Å²) in [5.74, 6) is 0.269. The van der Waals surface area contributed by atoms with Gasteiger partial charge in [0.2, 0.25) is 10.0 Å². The minimum Gasteiger partial charge on any atom is -0.484 e. The first-order chi connectivity index (χ1) is 14.1. The molecule has 0 spiro atoms. The number of benzene rings is 1. The van der Waals surface area contributed by atoms with Crippen LogP contribution < -0.4 is 15.0 Å². The number of ether oxygens (including phenoxy) is 3. The van der Waals surface area contributed by atoms with Crippen molar-refractivity contribution in [3.63, 3.8) is 0 Å². The van der Waals surface area contributed by atoms with Gasteiger partial charge in [-0.15, -0.1) is 0 Å². The minimum absolute atomic E-state index is 0.0973. The molecule has 0 atom stereocenters. The van der Waals surface area contributed by atoms with E-state index in [-0.39, 0.29) is 17.4 Å². The fourth-order valence-electron chi connectivity index (χ4n) is 3.32. The molecular formula is C19H30N3O6S+. The molecule has 9 nitrogen and oxygen atoms in total. The van der Waals surface area contributed by atoms with E-state index in [0.29, 0.717) is 38.6 Å². The second-order valence-corrected chi connectivity index (χ2v) is 9.03. The molecule has 2 N–H and O–H groups in total. The van der Waals surface area contributed by atoms with Gasteiger partial charge in [0, 0.05) is 26.1 Å². The van der Waals surface area contributed by atoms with Crippen molar-refractivity contribution in [2.75, 3.05) is 72.3 Å². The van der Waals surface area contributed by atoms with Gasteiger partial charge in [0.05, 0.1) is 37.9 Å². The van der Waals surface area contributed by atoms with Gasteiger partial charge in [-0.1, -0.05) is 0 Å². The van der Waals surface area contributed by atoms with Gasteiger partial charge in [0.25, 0.3) is 5.91 Å². The van der Waals surface area contributed by atoms with Crippen LogP contribution in [0.2, 0.25) is 0 Å². The monoisotopic (exact) mass is 428 g/mol. The van der Waals surface area contributed by atoms with Gasteiger partial charge in [-0.2, -0.15) is 4.31 Å². The molecule has 1 aromatic rings. The van der Waals surface area contributed by atoms with Crippen molar-refractivity contribution in [1.29, 1.82) is 0 Å². The molecule has 1 amide bonds. The van der Waals surface area contributed by atoms with Crippen molar-refractivity contribution in [1.82, 2.24) is 9.62 Å². The van der Waals surface area contributed by atoms with Gasteiger partial charge in [-0.05, 0) is 24.3 Å². The molecular weight excluding hydrogens is 398 g/mol. The van der Waals surface area contributed by atoms with Crippen molar-refractivity contribution in [3.8, 4) is 5.75 Å². The van der Waals surface area contributed by atoms with Crippen LogP contribution in [0.3, 0.4) is 0 Å². The van der Waals surface area contributed by atoms with Crippen LogP contribution in [0, 0.1) is 0 Å². The Bertz CT molecular complexity index is 744. The predicted octanol–water partition coefficient (Wildman–Crippen LogP) is -1.49. The van der Waals surface area contributed by atoms with Gasteiger partial charge in [-0.3, -0.25) is 4.79 Å². The summed E-state index contributed by atoms with van der Waals surface area (Å²) in [7, 11) is -3.53. The second kappa shape index (κ2) is 10.9. The summed E-state index contributed by atoms with van der Waals surface area (Å²) in [4.78, 5) is 13.6. The average Bonchev–Trinajstić information content (AvgIpc) is 2.77. The van der Waals surface area contributed by atoms with E-state index in [0.717, 1.165) is 39.3 Å². The van der Waals surface area contributed by atoms with E-state index >= 15 is 0 Å². The molecule has 162 valence electrons. The lowest BCUT2D eigenvalue weighted by Crippen LogP contribution is -3.14. The van der Waals surface area contributed by atoms with Crippen molar-refractivity contribution in [3.05, 3.63) is 24.3 Å². The van der Waals surface area contributed by atoms with Crippen molar-refractivity contribution in [2.45, 2.75) is 11.3 Å². The molecule has 0 radical (unpaired) electrons. The highest BCUT2D eigenvalue weighted by molar-refractivity contribution is 7.89. The zero-order valence-corrected chi connectivity index (χ0v) is 17.4. The molecule has 0 saturated carbocycles. The van der Waals surface area contributed by atoms with Gasteiger partial charge < -0.3 is 24.4 Å². The van der Waals surface area contributed by atoms with Crippen LogP contribution in [0.1, 0.15) is 6.42 Å². The maximum absolute atomic E-state index is 12.6. The largest absolute Gasteiger partial charge is 0.484 e. The number of rotatable bonds is 9. The molecule has 10 heteroatoms. The van der Waals surface area contributed by atoms with Gasteiger partial charge in [0.15, 0.2) is 6.61 Å². The summed E-state index contributed by atoms with van der Waals surface area (Å²) in [6, 6.07) is 6.15. The number of quaternary nitrogens is 1. The first-order valence-corrected chi connectivity index (χ1v) is 11.5. The Balaban J connectivity index is 1.37. The Hall–Kier alpha value is -1.72.